The zero-order valence-electron chi connectivity index (χ0n) is 32.2. The first-order chi connectivity index (χ1) is 23.1. The highest BCUT2D eigenvalue weighted by Gasteiger charge is 2.51. The maximum atomic E-state index is 6.83. The van der Waals surface area contributed by atoms with Crippen LogP contribution >= 0.6 is 0 Å². The third kappa shape index (κ3) is 21.0. The topological polar surface area (TPSA) is 21.7 Å². The van der Waals surface area contributed by atoms with Crippen LogP contribution in [0.25, 0.3) is 0 Å². The molecule has 274 valence electrons. The molecule has 0 N–H and O–H groups in total. The Hall–Kier alpha value is -0.900. The van der Waals surface area contributed by atoms with E-state index in [1.165, 1.54) is 161 Å². The Morgan fingerprint density at radius 1 is 0.468 bits per heavy atom. The standard InChI is InChI=1S/C44H81NO2/c1-5-7-9-11-13-15-17-19-21-23-25-27-29-31-33-35-37-44(46-42-39-41(45(3)4)40-43(42)47-44)38-36-34-32-30-28-26-24-22-20-18-16-14-12-10-8-6-2/h13,15,19-22,41-43H,5-12,14,16-18,23-40H2,1-4H3/b15-13-,21-19-,22-20-/t41?,42-,43+,44?. The van der Waals surface area contributed by atoms with E-state index in [0.29, 0.717) is 18.2 Å². The van der Waals surface area contributed by atoms with Gasteiger partial charge in [-0.3, -0.25) is 0 Å². The molecule has 4 atom stereocenters. The fraction of sp³-hybridized carbons (Fsp3) is 0.864. The van der Waals surface area contributed by atoms with Gasteiger partial charge in [-0.05, 0) is 97.6 Å². The molecule has 2 fully saturated rings. The molecule has 1 saturated carbocycles. The van der Waals surface area contributed by atoms with Crippen LogP contribution in [-0.4, -0.2) is 43.0 Å². The van der Waals surface area contributed by atoms with Gasteiger partial charge in [0.15, 0.2) is 5.79 Å². The fourth-order valence-electron chi connectivity index (χ4n) is 7.57. The summed E-state index contributed by atoms with van der Waals surface area (Å²) in [5.74, 6) is -0.303. The van der Waals surface area contributed by atoms with E-state index in [2.05, 4.69) is 69.3 Å². The molecule has 1 aliphatic heterocycles. The summed E-state index contributed by atoms with van der Waals surface area (Å²) in [6.45, 7) is 4.57. The lowest BCUT2D eigenvalue weighted by atomic mass is 9.98. The SMILES string of the molecule is CCCCC/C=C\C/C=C\CCCCCCCCC1(CCCCCCCC/C=C\CCCCCCCC)O[C@H]2CC(N(C)C)C[C@H]2O1. The first-order valence-electron chi connectivity index (χ1n) is 21.1. The lowest BCUT2D eigenvalue weighted by Crippen LogP contribution is -2.34. The van der Waals surface area contributed by atoms with Gasteiger partial charge >= 0.3 is 0 Å². The van der Waals surface area contributed by atoms with Crippen molar-refractivity contribution in [2.45, 2.75) is 231 Å². The summed E-state index contributed by atoms with van der Waals surface area (Å²) in [6.07, 6.45) is 53.9. The van der Waals surface area contributed by atoms with Crippen molar-refractivity contribution in [2.24, 2.45) is 0 Å². The van der Waals surface area contributed by atoms with Gasteiger partial charge in [0.2, 0.25) is 0 Å². The van der Waals surface area contributed by atoms with Crippen LogP contribution in [0.1, 0.15) is 206 Å². The average Bonchev–Trinajstić information content (AvgIpc) is 3.61. The molecule has 0 radical (unpaired) electrons. The van der Waals surface area contributed by atoms with E-state index in [-0.39, 0.29) is 5.79 Å². The molecule has 2 rings (SSSR count). The molecule has 0 bridgehead atoms. The van der Waals surface area contributed by atoms with Crippen molar-refractivity contribution in [1.82, 2.24) is 4.90 Å². The second-order valence-electron chi connectivity index (χ2n) is 15.3. The molecule has 0 aromatic rings. The van der Waals surface area contributed by atoms with Crippen molar-refractivity contribution in [3.05, 3.63) is 36.5 Å². The van der Waals surface area contributed by atoms with Gasteiger partial charge < -0.3 is 14.4 Å². The summed E-state index contributed by atoms with van der Waals surface area (Å²) in [6, 6.07) is 0.607. The predicted octanol–water partition coefficient (Wildman–Crippen LogP) is 13.8. The van der Waals surface area contributed by atoms with Crippen molar-refractivity contribution in [3.8, 4) is 0 Å². The summed E-state index contributed by atoms with van der Waals surface area (Å²) >= 11 is 0. The van der Waals surface area contributed by atoms with Crippen LogP contribution in [0.3, 0.4) is 0 Å². The van der Waals surface area contributed by atoms with E-state index in [4.69, 9.17) is 9.47 Å². The number of allylic oxidation sites excluding steroid dienone is 6. The van der Waals surface area contributed by atoms with E-state index < -0.39 is 0 Å². The summed E-state index contributed by atoms with van der Waals surface area (Å²) in [5, 5.41) is 0. The van der Waals surface area contributed by atoms with Crippen molar-refractivity contribution in [1.29, 1.82) is 0 Å². The molecule has 0 aromatic carbocycles. The van der Waals surface area contributed by atoms with E-state index in [1.54, 1.807) is 0 Å². The van der Waals surface area contributed by atoms with E-state index >= 15 is 0 Å². The average molecular weight is 656 g/mol. The highest BCUT2D eigenvalue weighted by Crippen LogP contribution is 2.44. The molecule has 1 saturated heterocycles. The third-order valence-electron chi connectivity index (χ3n) is 10.7. The minimum atomic E-state index is -0.303. The van der Waals surface area contributed by atoms with Crippen molar-refractivity contribution in [2.75, 3.05) is 14.1 Å². The highest BCUT2D eigenvalue weighted by molar-refractivity contribution is 4.96. The van der Waals surface area contributed by atoms with Crippen molar-refractivity contribution >= 4 is 0 Å². The van der Waals surface area contributed by atoms with Crippen LogP contribution in [0.15, 0.2) is 36.5 Å². The highest BCUT2D eigenvalue weighted by atomic mass is 16.8. The van der Waals surface area contributed by atoms with Gasteiger partial charge in [-0.15, -0.1) is 0 Å². The second-order valence-corrected chi connectivity index (χ2v) is 15.3. The van der Waals surface area contributed by atoms with Crippen LogP contribution in [-0.2, 0) is 9.47 Å². The van der Waals surface area contributed by atoms with E-state index in [1.807, 2.05) is 0 Å². The maximum absolute atomic E-state index is 6.83. The molecule has 3 nitrogen and oxygen atoms in total. The molecule has 0 amide bonds. The van der Waals surface area contributed by atoms with Gasteiger partial charge in [-0.2, -0.15) is 0 Å². The minimum absolute atomic E-state index is 0.303. The number of hydrogen-bond acceptors (Lipinski definition) is 3. The molecule has 1 aliphatic carbocycles. The molecular weight excluding hydrogens is 574 g/mol. The Kier molecular flexibility index (Phi) is 26.0. The van der Waals surface area contributed by atoms with E-state index in [0.717, 1.165) is 32.1 Å². The van der Waals surface area contributed by atoms with Gasteiger partial charge in [0.05, 0.1) is 12.2 Å². The molecule has 2 aliphatic rings. The molecule has 2 unspecified atom stereocenters. The van der Waals surface area contributed by atoms with Crippen LogP contribution in [0.4, 0.5) is 0 Å². The molecule has 47 heavy (non-hydrogen) atoms. The molecule has 1 heterocycles. The van der Waals surface area contributed by atoms with Crippen LogP contribution < -0.4 is 0 Å². The van der Waals surface area contributed by atoms with Crippen LogP contribution in [0.5, 0.6) is 0 Å². The number of ether oxygens (including phenoxy) is 2. The summed E-state index contributed by atoms with van der Waals surface area (Å²) in [5.41, 5.74) is 0. The van der Waals surface area contributed by atoms with Crippen molar-refractivity contribution < 1.29 is 9.47 Å². The maximum Gasteiger partial charge on any atom is 0.169 e. The van der Waals surface area contributed by atoms with Crippen molar-refractivity contribution in [3.63, 3.8) is 0 Å². The quantitative estimate of drug-likeness (QED) is 0.0532. The lowest BCUT2D eigenvalue weighted by molar-refractivity contribution is -0.193. The number of rotatable bonds is 32. The number of nitrogens with zero attached hydrogens (tertiary/aromatic N) is 1. The van der Waals surface area contributed by atoms with Gasteiger partial charge in [0.1, 0.15) is 0 Å². The zero-order valence-corrected chi connectivity index (χ0v) is 32.2. The monoisotopic (exact) mass is 656 g/mol. The Bertz CT molecular complexity index is 772. The third-order valence-corrected chi connectivity index (χ3v) is 10.7. The molecule has 0 aromatic heterocycles. The number of hydrogen-bond donors (Lipinski definition) is 0. The summed E-state index contributed by atoms with van der Waals surface area (Å²) < 4.78 is 13.7. The Morgan fingerprint density at radius 2 is 0.809 bits per heavy atom. The molecule has 0 spiro atoms. The fourth-order valence-corrected chi connectivity index (χ4v) is 7.57. The second kappa shape index (κ2) is 28.9. The Labute approximate surface area is 294 Å². The predicted molar refractivity (Wildman–Crippen MR) is 207 cm³/mol. The lowest BCUT2D eigenvalue weighted by Gasteiger charge is -2.31. The Morgan fingerprint density at radius 3 is 1.23 bits per heavy atom. The largest absolute Gasteiger partial charge is 0.344 e. The Balaban J connectivity index is 1.54. The van der Waals surface area contributed by atoms with Gasteiger partial charge in [-0.25, -0.2) is 0 Å². The van der Waals surface area contributed by atoms with Gasteiger partial charge in [0.25, 0.3) is 0 Å². The smallest absolute Gasteiger partial charge is 0.169 e. The van der Waals surface area contributed by atoms with Gasteiger partial charge in [0, 0.05) is 18.9 Å². The summed E-state index contributed by atoms with van der Waals surface area (Å²) in [4.78, 5) is 2.36. The van der Waals surface area contributed by atoms with Crippen LogP contribution in [0, 0.1) is 0 Å². The van der Waals surface area contributed by atoms with Gasteiger partial charge in [-0.1, -0.05) is 147 Å². The van der Waals surface area contributed by atoms with Crippen LogP contribution in [0.2, 0.25) is 0 Å². The zero-order chi connectivity index (χ0) is 33.7. The first-order valence-corrected chi connectivity index (χ1v) is 21.1. The minimum Gasteiger partial charge on any atom is -0.344 e. The molecular formula is C44H81NO2. The summed E-state index contributed by atoms with van der Waals surface area (Å²) in [7, 11) is 4.41. The number of fused-ring (bicyclic) bond motifs is 1. The first kappa shape index (κ1) is 42.3. The normalized spacial score (nSPS) is 23.0. The number of unbranched alkanes of at least 4 members (excludes halogenated alkanes) is 21. The molecule has 3 heteroatoms. The van der Waals surface area contributed by atoms with E-state index in [9.17, 15) is 0 Å².